The molecular formula is C12H19N3O5S. The second-order valence-electron chi connectivity index (χ2n) is 5.35. The summed E-state index contributed by atoms with van der Waals surface area (Å²) in [7, 11) is -1.42. The number of aliphatic hydroxyl groups excluding tert-OH is 1. The molecule has 21 heavy (non-hydrogen) atoms. The third kappa shape index (κ3) is 2.94. The van der Waals surface area contributed by atoms with Gasteiger partial charge in [0.05, 0.1) is 0 Å². The van der Waals surface area contributed by atoms with Gasteiger partial charge in [0, 0.05) is 32.9 Å². The first kappa shape index (κ1) is 15.9. The van der Waals surface area contributed by atoms with E-state index < -0.39 is 26.2 Å². The number of hydrogen-bond acceptors (Lipinski definition) is 5. The Hall–Kier alpha value is -1.45. The third-order valence-electron chi connectivity index (χ3n) is 3.90. The Bertz CT molecular complexity index is 749. The van der Waals surface area contributed by atoms with Crippen molar-refractivity contribution >= 4 is 10.0 Å². The van der Waals surface area contributed by atoms with Crippen LogP contribution < -0.4 is 16.0 Å². The molecule has 1 aliphatic carbocycles. The number of rotatable bonds is 4. The molecule has 1 heterocycles. The van der Waals surface area contributed by atoms with Crippen molar-refractivity contribution in [2.75, 3.05) is 6.61 Å². The molecule has 1 aliphatic rings. The molecule has 1 aromatic heterocycles. The van der Waals surface area contributed by atoms with E-state index in [-0.39, 0.29) is 18.6 Å². The monoisotopic (exact) mass is 317 g/mol. The quantitative estimate of drug-likeness (QED) is 0.704. The van der Waals surface area contributed by atoms with E-state index in [4.69, 9.17) is 0 Å². The molecule has 8 nitrogen and oxygen atoms in total. The molecule has 0 aromatic carbocycles. The van der Waals surface area contributed by atoms with Gasteiger partial charge in [0.15, 0.2) is 4.90 Å². The minimum absolute atomic E-state index is 0.0987. The summed E-state index contributed by atoms with van der Waals surface area (Å²) in [5, 5.41) is 9.24. The first-order valence-electron chi connectivity index (χ1n) is 6.67. The molecule has 0 radical (unpaired) electrons. The zero-order valence-corrected chi connectivity index (χ0v) is 12.8. The largest absolute Gasteiger partial charge is 0.396 e. The lowest BCUT2D eigenvalue weighted by Crippen LogP contribution is -2.44. The summed E-state index contributed by atoms with van der Waals surface area (Å²) in [5.41, 5.74) is -1.45. The number of sulfonamides is 1. The van der Waals surface area contributed by atoms with E-state index in [0.717, 1.165) is 28.2 Å². The molecule has 1 aromatic rings. The van der Waals surface area contributed by atoms with E-state index in [1.807, 2.05) is 0 Å². The van der Waals surface area contributed by atoms with Crippen LogP contribution in [0.1, 0.15) is 19.3 Å². The third-order valence-corrected chi connectivity index (χ3v) is 5.38. The predicted molar refractivity (Wildman–Crippen MR) is 75.5 cm³/mol. The Kier molecular flexibility index (Phi) is 4.35. The van der Waals surface area contributed by atoms with Crippen molar-refractivity contribution in [2.45, 2.75) is 30.2 Å². The molecule has 2 rings (SSSR count). The van der Waals surface area contributed by atoms with Crippen LogP contribution in [0.25, 0.3) is 0 Å². The van der Waals surface area contributed by atoms with Gasteiger partial charge in [0.25, 0.3) is 5.56 Å². The molecule has 0 aliphatic heterocycles. The molecule has 9 heteroatoms. The molecule has 0 spiro atoms. The van der Waals surface area contributed by atoms with Crippen LogP contribution in [0.3, 0.4) is 0 Å². The lowest BCUT2D eigenvalue weighted by atomic mass is 10.1. The maximum Gasteiger partial charge on any atom is 0.330 e. The Morgan fingerprint density at radius 2 is 2.00 bits per heavy atom. The van der Waals surface area contributed by atoms with Crippen molar-refractivity contribution in [2.24, 2.45) is 20.0 Å². The number of hydrogen-bond donors (Lipinski definition) is 2. The molecule has 2 unspecified atom stereocenters. The number of aryl methyl sites for hydroxylation is 1. The summed E-state index contributed by atoms with van der Waals surface area (Å²) in [6.07, 6.45) is 3.21. The summed E-state index contributed by atoms with van der Waals surface area (Å²) >= 11 is 0. The fraction of sp³-hybridized carbons (Fsp3) is 0.667. The summed E-state index contributed by atoms with van der Waals surface area (Å²) in [5.74, 6) is -0.142. The average Bonchev–Trinajstić information content (AvgIpc) is 2.86. The van der Waals surface area contributed by atoms with Crippen molar-refractivity contribution in [3.05, 3.63) is 27.0 Å². The highest BCUT2D eigenvalue weighted by Crippen LogP contribution is 2.26. The maximum absolute atomic E-state index is 12.4. The van der Waals surface area contributed by atoms with Gasteiger partial charge in [-0.05, 0) is 18.8 Å². The molecule has 2 atom stereocenters. The van der Waals surface area contributed by atoms with E-state index in [9.17, 15) is 23.1 Å². The second kappa shape index (κ2) is 5.74. The highest BCUT2D eigenvalue weighted by molar-refractivity contribution is 7.89. The first-order chi connectivity index (χ1) is 9.77. The summed E-state index contributed by atoms with van der Waals surface area (Å²) < 4.78 is 29.0. The van der Waals surface area contributed by atoms with E-state index in [1.54, 1.807) is 0 Å². The lowest BCUT2D eigenvalue weighted by Gasteiger charge is -2.19. The van der Waals surface area contributed by atoms with E-state index >= 15 is 0 Å². The maximum atomic E-state index is 12.4. The van der Waals surface area contributed by atoms with Crippen LogP contribution in [0.4, 0.5) is 0 Å². The number of aromatic nitrogens is 2. The van der Waals surface area contributed by atoms with Crippen LogP contribution in [0.5, 0.6) is 0 Å². The zero-order valence-electron chi connectivity index (χ0n) is 11.9. The van der Waals surface area contributed by atoms with Gasteiger partial charge in [-0.15, -0.1) is 0 Å². The van der Waals surface area contributed by atoms with Crippen LogP contribution in [-0.2, 0) is 24.1 Å². The lowest BCUT2D eigenvalue weighted by molar-refractivity contribution is 0.213. The normalized spacial score (nSPS) is 22.6. The Morgan fingerprint density at radius 3 is 2.62 bits per heavy atom. The van der Waals surface area contributed by atoms with Gasteiger partial charge in [-0.2, -0.15) is 0 Å². The van der Waals surface area contributed by atoms with Gasteiger partial charge in [0.1, 0.15) is 0 Å². The zero-order chi connectivity index (χ0) is 15.8. The smallest absolute Gasteiger partial charge is 0.330 e. The van der Waals surface area contributed by atoms with E-state index in [1.165, 1.54) is 14.1 Å². The van der Waals surface area contributed by atoms with Gasteiger partial charge >= 0.3 is 5.69 Å². The van der Waals surface area contributed by atoms with Gasteiger partial charge in [0.2, 0.25) is 10.0 Å². The topological polar surface area (TPSA) is 110 Å². The van der Waals surface area contributed by atoms with Crippen LogP contribution >= 0.6 is 0 Å². The van der Waals surface area contributed by atoms with Crippen molar-refractivity contribution in [3.63, 3.8) is 0 Å². The molecule has 1 saturated carbocycles. The van der Waals surface area contributed by atoms with Crippen molar-refractivity contribution in [1.82, 2.24) is 13.9 Å². The average molecular weight is 317 g/mol. The molecule has 0 bridgehead atoms. The summed E-state index contributed by atoms with van der Waals surface area (Å²) in [6.45, 7) is -0.0987. The minimum atomic E-state index is -4.03. The fourth-order valence-corrected chi connectivity index (χ4v) is 4.13. The van der Waals surface area contributed by atoms with Crippen LogP contribution in [0.2, 0.25) is 0 Å². The molecule has 118 valence electrons. The molecular weight excluding hydrogens is 298 g/mol. The first-order valence-corrected chi connectivity index (χ1v) is 8.16. The van der Waals surface area contributed by atoms with E-state index in [0.29, 0.717) is 6.42 Å². The summed E-state index contributed by atoms with van der Waals surface area (Å²) in [6, 6.07) is -0.387. The van der Waals surface area contributed by atoms with Crippen molar-refractivity contribution in [1.29, 1.82) is 0 Å². The Balaban J connectivity index is 2.41. The van der Waals surface area contributed by atoms with Crippen LogP contribution in [0.15, 0.2) is 20.7 Å². The molecule has 1 fully saturated rings. The number of aliphatic hydroxyl groups is 1. The SMILES string of the molecule is Cn1cc(S(=O)(=O)NC2CCCC2CO)c(=O)n(C)c1=O. The minimum Gasteiger partial charge on any atom is -0.396 e. The standard InChI is InChI=1S/C12H19N3O5S/c1-14-6-10(11(17)15(2)12(14)18)21(19,20)13-9-5-3-4-8(9)7-16/h6,8-9,13,16H,3-5,7H2,1-2H3. The number of nitrogens with zero attached hydrogens (tertiary/aromatic N) is 2. The summed E-state index contributed by atoms with van der Waals surface area (Å²) in [4.78, 5) is 23.1. The highest BCUT2D eigenvalue weighted by atomic mass is 32.2. The van der Waals surface area contributed by atoms with Crippen LogP contribution in [-0.4, -0.2) is 35.3 Å². The van der Waals surface area contributed by atoms with Crippen molar-refractivity contribution in [3.8, 4) is 0 Å². The molecule has 0 amide bonds. The van der Waals surface area contributed by atoms with Crippen molar-refractivity contribution < 1.29 is 13.5 Å². The second-order valence-corrected chi connectivity index (χ2v) is 7.03. The molecule has 0 saturated heterocycles. The fourth-order valence-electron chi connectivity index (χ4n) is 2.63. The number of nitrogens with one attached hydrogen (secondary N) is 1. The predicted octanol–water partition coefficient (Wildman–Crippen LogP) is -1.48. The van der Waals surface area contributed by atoms with E-state index in [2.05, 4.69) is 4.72 Å². The van der Waals surface area contributed by atoms with Crippen LogP contribution in [0, 0.1) is 5.92 Å². The van der Waals surface area contributed by atoms with Gasteiger partial charge < -0.3 is 9.67 Å². The Morgan fingerprint density at radius 1 is 1.33 bits per heavy atom. The molecule has 2 N–H and O–H groups in total. The highest BCUT2D eigenvalue weighted by Gasteiger charge is 2.32. The van der Waals surface area contributed by atoms with Gasteiger partial charge in [-0.25, -0.2) is 17.9 Å². The Labute approximate surface area is 122 Å². The van der Waals surface area contributed by atoms with Gasteiger partial charge in [-0.3, -0.25) is 9.36 Å². The van der Waals surface area contributed by atoms with Gasteiger partial charge in [-0.1, -0.05) is 6.42 Å².